The monoisotopic (exact) mass is 144 g/mol. The Morgan fingerprint density at radius 3 is 2.80 bits per heavy atom. The van der Waals surface area contributed by atoms with Gasteiger partial charge in [-0.2, -0.15) is 0 Å². The van der Waals surface area contributed by atoms with Crippen LogP contribution in [0.1, 0.15) is 6.42 Å². The van der Waals surface area contributed by atoms with Gasteiger partial charge in [-0.1, -0.05) is 0 Å². The second-order valence-electron chi connectivity index (χ2n) is 2.99. The molecule has 1 unspecified atom stereocenters. The lowest BCUT2D eigenvalue weighted by Crippen LogP contribution is -2.50. The third kappa shape index (κ3) is 1.68. The molecule has 0 saturated carbocycles. The number of hydrogen-bond donors (Lipinski definition) is 1. The second-order valence-corrected chi connectivity index (χ2v) is 2.99. The summed E-state index contributed by atoms with van der Waals surface area (Å²) in [7, 11) is 3.82. The van der Waals surface area contributed by atoms with Crippen molar-refractivity contribution >= 4 is 0 Å². The standard InChI is InChI=1S/C7H16N2O/c1-9-4-3-6(8)7(5-9)10-2/h6-7H,3-5,8H2,1-2H3/t6?,7-/m1/s1. The Morgan fingerprint density at radius 2 is 2.30 bits per heavy atom. The number of likely N-dealkylation sites (tertiary alicyclic amines) is 1. The van der Waals surface area contributed by atoms with Gasteiger partial charge in [0.2, 0.25) is 0 Å². The third-order valence-corrected chi connectivity index (χ3v) is 2.12. The van der Waals surface area contributed by atoms with Crippen LogP contribution in [0, 0.1) is 0 Å². The molecule has 0 radical (unpaired) electrons. The maximum atomic E-state index is 5.80. The summed E-state index contributed by atoms with van der Waals surface area (Å²) in [6.45, 7) is 2.07. The predicted molar refractivity (Wildman–Crippen MR) is 40.9 cm³/mol. The highest BCUT2D eigenvalue weighted by Gasteiger charge is 2.23. The van der Waals surface area contributed by atoms with Crippen LogP contribution in [0.15, 0.2) is 0 Å². The number of ether oxygens (including phenoxy) is 1. The Bertz CT molecular complexity index is 108. The Labute approximate surface area is 62.1 Å². The molecule has 10 heavy (non-hydrogen) atoms. The van der Waals surface area contributed by atoms with Crippen LogP contribution in [0.3, 0.4) is 0 Å². The minimum Gasteiger partial charge on any atom is -0.379 e. The van der Waals surface area contributed by atoms with Crippen molar-refractivity contribution in [1.82, 2.24) is 4.90 Å². The highest BCUT2D eigenvalue weighted by atomic mass is 16.5. The van der Waals surface area contributed by atoms with Gasteiger partial charge in [0.05, 0.1) is 6.10 Å². The van der Waals surface area contributed by atoms with Crippen molar-refractivity contribution in [2.45, 2.75) is 18.6 Å². The summed E-state index contributed by atoms with van der Waals surface area (Å²) in [5, 5.41) is 0. The SMILES string of the molecule is CO[C@@H]1CN(C)CCC1N. The third-order valence-electron chi connectivity index (χ3n) is 2.12. The van der Waals surface area contributed by atoms with E-state index in [9.17, 15) is 0 Å². The van der Waals surface area contributed by atoms with Gasteiger partial charge in [-0.3, -0.25) is 0 Å². The molecule has 1 heterocycles. The van der Waals surface area contributed by atoms with Gasteiger partial charge in [0.1, 0.15) is 0 Å². The van der Waals surface area contributed by atoms with Crippen LogP contribution in [0.4, 0.5) is 0 Å². The summed E-state index contributed by atoms with van der Waals surface area (Å²) in [6, 6.07) is 0.237. The van der Waals surface area contributed by atoms with Gasteiger partial charge in [-0.25, -0.2) is 0 Å². The Kier molecular flexibility index (Phi) is 2.65. The van der Waals surface area contributed by atoms with E-state index in [1.165, 1.54) is 0 Å². The maximum Gasteiger partial charge on any atom is 0.0849 e. The van der Waals surface area contributed by atoms with E-state index >= 15 is 0 Å². The molecule has 1 aliphatic heterocycles. The van der Waals surface area contributed by atoms with Gasteiger partial charge in [0.15, 0.2) is 0 Å². The highest BCUT2D eigenvalue weighted by Crippen LogP contribution is 2.09. The number of piperidine rings is 1. The van der Waals surface area contributed by atoms with Crippen LogP contribution in [-0.2, 0) is 4.74 Å². The minimum atomic E-state index is 0.235. The zero-order chi connectivity index (χ0) is 7.56. The average molecular weight is 144 g/mol. The fourth-order valence-corrected chi connectivity index (χ4v) is 1.34. The van der Waals surface area contributed by atoms with Crippen molar-refractivity contribution in [3.8, 4) is 0 Å². The molecule has 1 rings (SSSR count). The molecule has 0 aromatic heterocycles. The van der Waals surface area contributed by atoms with E-state index in [0.29, 0.717) is 0 Å². The molecule has 0 amide bonds. The van der Waals surface area contributed by atoms with E-state index in [2.05, 4.69) is 11.9 Å². The molecule has 1 saturated heterocycles. The first-order valence-electron chi connectivity index (χ1n) is 3.71. The molecule has 0 aromatic carbocycles. The molecular weight excluding hydrogens is 128 g/mol. The summed E-state index contributed by atoms with van der Waals surface area (Å²) >= 11 is 0. The summed E-state index contributed by atoms with van der Waals surface area (Å²) < 4.78 is 5.21. The van der Waals surface area contributed by atoms with Gasteiger partial charge in [-0.15, -0.1) is 0 Å². The lowest BCUT2D eigenvalue weighted by molar-refractivity contribution is 0.0256. The number of nitrogens with two attached hydrogens (primary N) is 1. The maximum absolute atomic E-state index is 5.80. The van der Waals surface area contributed by atoms with E-state index < -0.39 is 0 Å². The van der Waals surface area contributed by atoms with E-state index in [0.717, 1.165) is 19.5 Å². The van der Waals surface area contributed by atoms with Gasteiger partial charge >= 0.3 is 0 Å². The summed E-state index contributed by atoms with van der Waals surface area (Å²) in [5.74, 6) is 0. The van der Waals surface area contributed by atoms with Crippen molar-refractivity contribution in [3.63, 3.8) is 0 Å². The van der Waals surface area contributed by atoms with Crippen LogP contribution in [0.2, 0.25) is 0 Å². The van der Waals surface area contributed by atoms with Crippen LogP contribution < -0.4 is 5.73 Å². The van der Waals surface area contributed by atoms with Crippen molar-refractivity contribution in [2.75, 3.05) is 27.2 Å². The molecule has 2 atom stereocenters. The van der Waals surface area contributed by atoms with Gasteiger partial charge < -0.3 is 15.4 Å². The first-order valence-corrected chi connectivity index (χ1v) is 3.71. The number of hydrogen-bond acceptors (Lipinski definition) is 3. The normalized spacial score (nSPS) is 36.3. The van der Waals surface area contributed by atoms with Crippen molar-refractivity contribution in [1.29, 1.82) is 0 Å². The largest absolute Gasteiger partial charge is 0.379 e. The summed E-state index contributed by atoms with van der Waals surface area (Å²) in [6.07, 6.45) is 1.29. The number of likely N-dealkylation sites (N-methyl/N-ethyl adjacent to an activating group) is 1. The van der Waals surface area contributed by atoms with E-state index in [1.54, 1.807) is 7.11 Å². The van der Waals surface area contributed by atoms with Crippen molar-refractivity contribution in [2.24, 2.45) is 5.73 Å². The predicted octanol–water partition coefficient (Wildman–Crippen LogP) is -0.336. The van der Waals surface area contributed by atoms with Crippen LogP contribution in [0.25, 0.3) is 0 Å². The van der Waals surface area contributed by atoms with E-state index in [4.69, 9.17) is 10.5 Å². The number of methoxy groups -OCH3 is 1. The molecule has 0 aliphatic carbocycles. The molecule has 60 valence electrons. The van der Waals surface area contributed by atoms with E-state index in [-0.39, 0.29) is 12.1 Å². The zero-order valence-electron chi connectivity index (χ0n) is 6.71. The summed E-state index contributed by atoms with van der Waals surface area (Å²) in [5.41, 5.74) is 5.80. The van der Waals surface area contributed by atoms with Gasteiger partial charge in [0, 0.05) is 19.7 Å². The average Bonchev–Trinajstić information content (AvgIpc) is 1.94. The Hall–Kier alpha value is -0.120. The van der Waals surface area contributed by atoms with Crippen molar-refractivity contribution < 1.29 is 4.74 Å². The first-order chi connectivity index (χ1) is 4.74. The molecule has 2 N–H and O–H groups in total. The first kappa shape index (κ1) is 7.98. The zero-order valence-corrected chi connectivity index (χ0v) is 6.71. The number of nitrogens with zero attached hydrogens (tertiary/aromatic N) is 1. The molecule has 1 aliphatic rings. The minimum absolute atomic E-state index is 0.235. The van der Waals surface area contributed by atoms with Gasteiger partial charge in [-0.05, 0) is 20.0 Å². The topological polar surface area (TPSA) is 38.5 Å². The molecule has 0 spiro atoms. The van der Waals surface area contributed by atoms with Gasteiger partial charge in [0.25, 0.3) is 0 Å². The molecule has 0 bridgehead atoms. The molecular formula is C7H16N2O. The van der Waals surface area contributed by atoms with Crippen LogP contribution in [0.5, 0.6) is 0 Å². The van der Waals surface area contributed by atoms with Crippen LogP contribution in [-0.4, -0.2) is 44.3 Å². The summed E-state index contributed by atoms with van der Waals surface area (Å²) in [4.78, 5) is 2.25. The quantitative estimate of drug-likeness (QED) is 0.547. The Balaban J connectivity index is 2.38. The van der Waals surface area contributed by atoms with E-state index in [1.807, 2.05) is 0 Å². The lowest BCUT2D eigenvalue weighted by Gasteiger charge is -2.33. The highest BCUT2D eigenvalue weighted by molar-refractivity contribution is 4.81. The second kappa shape index (κ2) is 3.32. The van der Waals surface area contributed by atoms with Crippen molar-refractivity contribution in [3.05, 3.63) is 0 Å². The molecule has 1 fully saturated rings. The number of rotatable bonds is 1. The Morgan fingerprint density at radius 1 is 1.60 bits per heavy atom. The molecule has 3 nitrogen and oxygen atoms in total. The smallest absolute Gasteiger partial charge is 0.0849 e. The lowest BCUT2D eigenvalue weighted by atomic mass is 10.0. The molecule has 0 aromatic rings. The fourth-order valence-electron chi connectivity index (χ4n) is 1.34. The molecule has 3 heteroatoms. The van der Waals surface area contributed by atoms with Crippen LogP contribution >= 0.6 is 0 Å². The fraction of sp³-hybridized carbons (Fsp3) is 1.00.